The first-order valence-corrected chi connectivity index (χ1v) is 10.2. The number of hydrogen-bond acceptors (Lipinski definition) is 4. The van der Waals surface area contributed by atoms with Crippen LogP contribution in [0.4, 0.5) is 16.0 Å². The van der Waals surface area contributed by atoms with Gasteiger partial charge in [0.15, 0.2) is 0 Å². The molecule has 1 atom stereocenters. The molecule has 8 heteroatoms. The van der Waals surface area contributed by atoms with Crippen LogP contribution in [0.3, 0.4) is 0 Å². The van der Waals surface area contributed by atoms with Crippen molar-refractivity contribution >= 4 is 34.5 Å². The maximum Gasteiger partial charge on any atom is 0.253 e. The van der Waals surface area contributed by atoms with Crippen molar-refractivity contribution in [3.63, 3.8) is 0 Å². The number of anilines is 2. The third-order valence-corrected chi connectivity index (χ3v) is 5.52. The Balaban J connectivity index is 1.47. The predicted octanol–water partition coefficient (Wildman–Crippen LogP) is 4.00. The highest BCUT2D eigenvalue weighted by molar-refractivity contribution is 6.05. The number of para-hydroxylation sites is 2. The molecule has 1 aliphatic rings. The first kappa shape index (κ1) is 19.9. The lowest BCUT2D eigenvalue weighted by atomic mass is 10.1. The number of carbonyl (C=O) groups is 2. The molecule has 0 bridgehead atoms. The number of halogens is 1. The first-order valence-electron chi connectivity index (χ1n) is 10.2. The van der Waals surface area contributed by atoms with E-state index in [1.165, 1.54) is 12.1 Å². The van der Waals surface area contributed by atoms with E-state index >= 15 is 0 Å². The van der Waals surface area contributed by atoms with Gasteiger partial charge in [-0.3, -0.25) is 24.0 Å². The van der Waals surface area contributed by atoms with Crippen LogP contribution in [-0.2, 0) is 16.1 Å². The van der Waals surface area contributed by atoms with Crippen molar-refractivity contribution in [1.82, 2.24) is 14.5 Å². The molecule has 3 heterocycles. The molecule has 0 spiro atoms. The van der Waals surface area contributed by atoms with Crippen LogP contribution in [0.2, 0.25) is 0 Å². The highest BCUT2D eigenvalue weighted by atomic mass is 19.1. The van der Waals surface area contributed by atoms with Crippen LogP contribution in [0.15, 0.2) is 67.0 Å². The highest BCUT2D eigenvalue weighted by Gasteiger charge is 2.41. The van der Waals surface area contributed by atoms with E-state index in [1.54, 1.807) is 40.9 Å². The van der Waals surface area contributed by atoms with Gasteiger partial charge in [0.05, 0.1) is 29.7 Å². The molecule has 2 amide bonds. The van der Waals surface area contributed by atoms with E-state index in [0.29, 0.717) is 12.5 Å². The maximum atomic E-state index is 14.2. The zero-order chi connectivity index (χ0) is 22.2. The minimum absolute atomic E-state index is 0.0916. The summed E-state index contributed by atoms with van der Waals surface area (Å²) in [7, 11) is 0. The van der Waals surface area contributed by atoms with E-state index in [9.17, 15) is 14.0 Å². The van der Waals surface area contributed by atoms with Gasteiger partial charge in [-0.25, -0.2) is 9.37 Å². The van der Waals surface area contributed by atoms with Gasteiger partial charge in [-0.05, 0) is 48.4 Å². The van der Waals surface area contributed by atoms with Crippen LogP contribution in [0, 0.1) is 12.7 Å². The summed E-state index contributed by atoms with van der Waals surface area (Å²) < 4.78 is 16.0. The molecule has 7 nitrogen and oxygen atoms in total. The van der Waals surface area contributed by atoms with Gasteiger partial charge in [0.2, 0.25) is 11.9 Å². The summed E-state index contributed by atoms with van der Waals surface area (Å²) in [5.74, 6) is -0.706. The third kappa shape index (κ3) is 3.49. The van der Waals surface area contributed by atoms with Crippen molar-refractivity contribution in [1.29, 1.82) is 0 Å². The topological polar surface area (TPSA) is 80.1 Å². The van der Waals surface area contributed by atoms with Gasteiger partial charge in [0.25, 0.3) is 5.91 Å². The van der Waals surface area contributed by atoms with Crippen molar-refractivity contribution in [2.24, 2.45) is 0 Å². The number of carbonyl (C=O) groups excluding carboxylic acids is 2. The largest absolute Gasteiger partial charge is 0.324 e. The van der Waals surface area contributed by atoms with E-state index in [1.807, 2.05) is 30.3 Å². The SMILES string of the molecule is Cc1ccc(NC(=O)CC2C(=O)N(Cc3cccnc3)c3nc4ccccc4n32)c(F)c1. The zero-order valence-corrected chi connectivity index (χ0v) is 17.3. The second kappa shape index (κ2) is 7.88. The van der Waals surface area contributed by atoms with Crippen molar-refractivity contribution in [3.8, 4) is 0 Å². The Morgan fingerprint density at radius 3 is 2.78 bits per heavy atom. The number of pyridine rings is 1. The average molecular weight is 429 g/mol. The van der Waals surface area contributed by atoms with Gasteiger partial charge in [-0.2, -0.15) is 0 Å². The summed E-state index contributed by atoms with van der Waals surface area (Å²) >= 11 is 0. The van der Waals surface area contributed by atoms with Crippen LogP contribution in [-0.4, -0.2) is 26.3 Å². The summed E-state index contributed by atoms with van der Waals surface area (Å²) in [6.07, 6.45) is 3.23. The number of fused-ring (bicyclic) bond motifs is 3. The number of nitrogens with one attached hydrogen (secondary N) is 1. The van der Waals surface area contributed by atoms with Crippen LogP contribution in [0.1, 0.15) is 23.6 Å². The Bertz CT molecular complexity index is 1330. The Kier molecular flexibility index (Phi) is 4.89. The van der Waals surface area contributed by atoms with E-state index in [-0.39, 0.29) is 18.0 Å². The van der Waals surface area contributed by atoms with E-state index < -0.39 is 17.8 Å². The molecule has 4 aromatic rings. The number of imidazole rings is 1. The van der Waals surface area contributed by atoms with Crippen molar-refractivity contribution < 1.29 is 14.0 Å². The summed E-state index contributed by atoms with van der Waals surface area (Å²) in [4.78, 5) is 36.5. The van der Waals surface area contributed by atoms with Crippen LogP contribution < -0.4 is 10.2 Å². The summed E-state index contributed by atoms with van der Waals surface area (Å²) in [6, 6.07) is 15.0. The average Bonchev–Trinajstić information content (AvgIpc) is 3.27. The van der Waals surface area contributed by atoms with Gasteiger partial charge < -0.3 is 5.32 Å². The molecule has 1 aliphatic heterocycles. The minimum Gasteiger partial charge on any atom is -0.324 e. The Morgan fingerprint density at radius 2 is 2.00 bits per heavy atom. The smallest absolute Gasteiger partial charge is 0.253 e. The molecule has 1 unspecified atom stereocenters. The second-order valence-corrected chi connectivity index (χ2v) is 7.81. The third-order valence-electron chi connectivity index (χ3n) is 5.52. The molecule has 0 fully saturated rings. The highest BCUT2D eigenvalue weighted by Crippen LogP contribution is 2.37. The number of aryl methyl sites for hydroxylation is 1. The van der Waals surface area contributed by atoms with Gasteiger partial charge in [0, 0.05) is 12.4 Å². The van der Waals surface area contributed by atoms with Gasteiger partial charge >= 0.3 is 0 Å². The van der Waals surface area contributed by atoms with E-state index in [0.717, 1.165) is 22.2 Å². The molecule has 0 saturated carbocycles. The lowest BCUT2D eigenvalue weighted by Gasteiger charge is -2.16. The molecule has 0 saturated heterocycles. The van der Waals surface area contributed by atoms with Crippen LogP contribution in [0.25, 0.3) is 11.0 Å². The predicted molar refractivity (Wildman–Crippen MR) is 119 cm³/mol. The first-order chi connectivity index (χ1) is 15.5. The number of amides is 2. The normalized spacial score (nSPS) is 15.2. The van der Waals surface area contributed by atoms with Gasteiger partial charge in [-0.15, -0.1) is 0 Å². The molecule has 32 heavy (non-hydrogen) atoms. The fraction of sp³-hybridized carbons (Fsp3) is 0.167. The van der Waals surface area contributed by atoms with Gasteiger partial charge in [0.1, 0.15) is 11.9 Å². The fourth-order valence-corrected chi connectivity index (χ4v) is 4.02. The molecule has 2 aromatic carbocycles. The molecule has 1 N–H and O–H groups in total. The van der Waals surface area contributed by atoms with Crippen molar-refractivity contribution in [2.75, 3.05) is 10.2 Å². The number of hydrogen-bond donors (Lipinski definition) is 1. The van der Waals surface area contributed by atoms with Crippen LogP contribution >= 0.6 is 0 Å². The van der Waals surface area contributed by atoms with Crippen molar-refractivity contribution in [3.05, 3.63) is 83.9 Å². The zero-order valence-electron chi connectivity index (χ0n) is 17.3. The number of benzene rings is 2. The Labute approximate surface area is 183 Å². The molecule has 0 aliphatic carbocycles. The number of rotatable bonds is 5. The van der Waals surface area contributed by atoms with Crippen molar-refractivity contribution in [2.45, 2.75) is 25.9 Å². The van der Waals surface area contributed by atoms with Crippen LogP contribution in [0.5, 0.6) is 0 Å². The standard InChI is InChI=1S/C24H20FN5O2/c1-15-8-9-18(17(25)11-15)27-22(31)12-21-23(32)29(14-16-5-4-10-26-13-16)24-28-19-6-2-3-7-20(19)30(21)24/h2-11,13,21H,12,14H2,1H3,(H,27,31). The molecule has 0 radical (unpaired) electrons. The molecular weight excluding hydrogens is 409 g/mol. The molecular formula is C24H20FN5O2. The lowest BCUT2D eigenvalue weighted by molar-refractivity contribution is -0.124. The summed E-state index contributed by atoms with van der Waals surface area (Å²) in [5.41, 5.74) is 3.21. The number of aromatic nitrogens is 3. The quantitative estimate of drug-likeness (QED) is 0.520. The Hall–Kier alpha value is -4.07. The van der Waals surface area contributed by atoms with Gasteiger partial charge in [-0.1, -0.05) is 24.3 Å². The molecule has 160 valence electrons. The Morgan fingerprint density at radius 1 is 1.16 bits per heavy atom. The number of nitrogens with zero attached hydrogens (tertiary/aromatic N) is 4. The minimum atomic E-state index is -0.775. The summed E-state index contributed by atoms with van der Waals surface area (Å²) in [6.45, 7) is 2.06. The monoisotopic (exact) mass is 429 g/mol. The molecule has 2 aromatic heterocycles. The van der Waals surface area contributed by atoms with E-state index in [4.69, 9.17) is 0 Å². The molecule has 5 rings (SSSR count). The maximum absolute atomic E-state index is 14.2. The van der Waals surface area contributed by atoms with E-state index in [2.05, 4.69) is 15.3 Å². The fourth-order valence-electron chi connectivity index (χ4n) is 4.02. The lowest BCUT2D eigenvalue weighted by Crippen LogP contribution is -2.31. The second-order valence-electron chi connectivity index (χ2n) is 7.81. The summed E-state index contributed by atoms with van der Waals surface area (Å²) in [5, 5.41) is 2.59.